The van der Waals surface area contributed by atoms with E-state index in [-0.39, 0.29) is 18.0 Å². The molecule has 0 spiro atoms. The van der Waals surface area contributed by atoms with E-state index in [4.69, 9.17) is 5.73 Å². The number of imidazole rings is 1. The van der Waals surface area contributed by atoms with Crippen molar-refractivity contribution in [2.45, 2.75) is 46.2 Å². The topological polar surface area (TPSA) is 72.9 Å². The zero-order valence-electron chi connectivity index (χ0n) is 11.7. The Balaban J connectivity index is 2.84. The number of hydrogen-bond donors (Lipinski definition) is 2. The molecule has 1 aromatic rings. The lowest BCUT2D eigenvalue weighted by Crippen LogP contribution is -2.32. The normalized spacial score (nSPS) is 14.6. The summed E-state index contributed by atoms with van der Waals surface area (Å²) in [6.07, 6.45) is 4.31. The van der Waals surface area contributed by atoms with E-state index in [1.54, 1.807) is 12.5 Å². The highest BCUT2D eigenvalue weighted by atomic mass is 16.2. The van der Waals surface area contributed by atoms with Crippen molar-refractivity contribution in [1.29, 1.82) is 0 Å². The van der Waals surface area contributed by atoms with Crippen molar-refractivity contribution in [2.75, 3.05) is 6.54 Å². The standard InChI is InChI=1S/C13H24N4O/c1-5-16-13(18)10(4)17-8-15-7-12(17)11(14)6-9(2)3/h7-11H,5-6,14H2,1-4H3,(H,16,18). The molecule has 0 saturated heterocycles. The Bertz CT molecular complexity index is 386. The highest BCUT2D eigenvalue weighted by Crippen LogP contribution is 2.21. The Morgan fingerprint density at radius 1 is 1.50 bits per heavy atom. The lowest BCUT2D eigenvalue weighted by molar-refractivity contribution is -0.123. The molecular formula is C13H24N4O. The number of nitrogens with one attached hydrogen (secondary N) is 1. The van der Waals surface area contributed by atoms with Crippen LogP contribution in [0, 0.1) is 5.92 Å². The number of carbonyl (C=O) groups excluding carboxylic acids is 1. The molecule has 5 heteroatoms. The zero-order chi connectivity index (χ0) is 13.7. The van der Waals surface area contributed by atoms with Crippen molar-refractivity contribution < 1.29 is 4.79 Å². The van der Waals surface area contributed by atoms with Gasteiger partial charge in [-0.3, -0.25) is 4.79 Å². The van der Waals surface area contributed by atoms with Gasteiger partial charge in [0.15, 0.2) is 0 Å². The van der Waals surface area contributed by atoms with E-state index in [0.717, 1.165) is 12.1 Å². The molecule has 0 aliphatic rings. The van der Waals surface area contributed by atoms with Gasteiger partial charge in [-0.25, -0.2) is 4.98 Å². The van der Waals surface area contributed by atoms with Crippen LogP contribution in [0.4, 0.5) is 0 Å². The predicted octanol–water partition coefficient (Wildman–Crippen LogP) is 1.63. The third-order valence-corrected chi connectivity index (χ3v) is 2.95. The summed E-state index contributed by atoms with van der Waals surface area (Å²) in [5.41, 5.74) is 7.08. The molecule has 0 aliphatic heterocycles. The Morgan fingerprint density at radius 2 is 2.17 bits per heavy atom. The van der Waals surface area contributed by atoms with Crippen LogP contribution in [0.3, 0.4) is 0 Å². The maximum atomic E-state index is 11.8. The van der Waals surface area contributed by atoms with E-state index in [2.05, 4.69) is 24.1 Å². The quantitative estimate of drug-likeness (QED) is 0.808. The molecule has 0 radical (unpaired) electrons. The summed E-state index contributed by atoms with van der Waals surface area (Å²) >= 11 is 0. The second kappa shape index (κ2) is 6.54. The molecule has 1 amide bonds. The van der Waals surface area contributed by atoms with Crippen molar-refractivity contribution in [1.82, 2.24) is 14.9 Å². The molecule has 0 bridgehead atoms. The molecular weight excluding hydrogens is 228 g/mol. The van der Waals surface area contributed by atoms with E-state index >= 15 is 0 Å². The molecule has 5 nitrogen and oxygen atoms in total. The summed E-state index contributed by atoms with van der Waals surface area (Å²) < 4.78 is 1.86. The van der Waals surface area contributed by atoms with E-state index in [9.17, 15) is 4.79 Å². The maximum Gasteiger partial charge on any atom is 0.242 e. The van der Waals surface area contributed by atoms with Crippen LogP contribution in [0.1, 0.15) is 51.9 Å². The van der Waals surface area contributed by atoms with Gasteiger partial charge in [-0.05, 0) is 26.2 Å². The number of nitrogens with two attached hydrogens (primary N) is 1. The number of hydrogen-bond acceptors (Lipinski definition) is 3. The first-order valence-electron chi connectivity index (χ1n) is 6.52. The smallest absolute Gasteiger partial charge is 0.242 e. The third-order valence-electron chi connectivity index (χ3n) is 2.95. The molecule has 18 heavy (non-hydrogen) atoms. The first-order chi connectivity index (χ1) is 8.47. The van der Waals surface area contributed by atoms with Crippen LogP contribution >= 0.6 is 0 Å². The van der Waals surface area contributed by atoms with Crippen LogP contribution < -0.4 is 11.1 Å². The SMILES string of the molecule is CCNC(=O)C(C)n1cncc1C(N)CC(C)C. The highest BCUT2D eigenvalue weighted by molar-refractivity contribution is 5.79. The Kier molecular flexibility index (Phi) is 5.34. The molecule has 0 fully saturated rings. The van der Waals surface area contributed by atoms with Crippen LogP contribution in [-0.4, -0.2) is 22.0 Å². The minimum atomic E-state index is -0.277. The largest absolute Gasteiger partial charge is 0.355 e. The Hall–Kier alpha value is -1.36. The average Bonchev–Trinajstić information content (AvgIpc) is 2.76. The number of aromatic nitrogens is 2. The molecule has 2 atom stereocenters. The average molecular weight is 252 g/mol. The molecule has 1 aromatic heterocycles. The second-order valence-corrected chi connectivity index (χ2v) is 5.03. The van der Waals surface area contributed by atoms with Crippen molar-refractivity contribution in [3.05, 3.63) is 18.2 Å². The van der Waals surface area contributed by atoms with Gasteiger partial charge >= 0.3 is 0 Å². The summed E-state index contributed by atoms with van der Waals surface area (Å²) in [6, 6.07) is -0.356. The molecule has 102 valence electrons. The number of amides is 1. The minimum Gasteiger partial charge on any atom is -0.355 e. The molecule has 2 unspecified atom stereocenters. The number of nitrogens with zero attached hydrogens (tertiary/aromatic N) is 2. The second-order valence-electron chi connectivity index (χ2n) is 5.03. The van der Waals surface area contributed by atoms with Crippen LogP contribution in [0.15, 0.2) is 12.5 Å². The summed E-state index contributed by atoms with van der Waals surface area (Å²) in [5, 5.41) is 2.81. The van der Waals surface area contributed by atoms with Crippen molar-refractivity contribution in [3.8, 4) is 0 Å². The Morgan fingerprint density at radius 3 is 2.72 bits per heavy atom. The van der Waals surface area contributed by atoms with E-state index < -0.39 is 0 Å². The van der Waals surface area contributed by atoms with Gasteiger partial charge in [-0.2, -0.15) is 0 Å². The van der Waals surface area contributed by atoms with Crippen LogP contribution in [0.25, 0.3) is 0 Å². The molecule has 1 heterocycles. The van der Waals surface area contributed by atoms with Gasteiger partial charge in [0, 0.05) is 18.8 Å². The summed E-state index contributed by atoms with van der Waals surface area (Å²) in [6.45, 7) is 8.66. The molecule has 0 saturated carbocycles. The molecule has 0 aromatic carbocycles. The molecule has 3 N–H and O–H groups in total. The molecule has 0 aliphatic carbocycles. The summed E-state index contributed by atoms with van der Waals surface area (Å²) in [5.74, 6) is 0.511. The van der Waals surface area contributed by atoms with Gasteiger partial charge < -0.3 is 15.6 Å². The van der Waals surface area contributed by atoms with Crippen molar-refractivity contribution in [3.63, 3.8) is 0 Å². The summed E-state index contributed by atoms with van der Waals surface area (Å²) in [4.78, 5) is 16.0. The highest BCUT2D eigenvalue weighted by Gasteiger charge is 2.20. The number of rotatable bonds is 6. The van der Waals surface area contributed by atoms with E-state index in [0.29, 0.717) is 12.5 Å². The summed E-state index contributed by atoms with van der Waals surface area (Å²) in [7, 11) is 0. The van der Waals surface area contributed by atoms with E-state index in [1.165, 1.54) is 0 Å². The van der Waals surface area contributed by atoms with E-state index in [1.807, 2.05) is 18.4 Å². The van der Waals surface area contributed by atoms with Crippen LogP contribution in [0.2, 0.25) is 0 Å². The molecule has 1 rings (SSSR count). The minimum absolute atomic E-state index is 0.00602. The van der Waals surface area contributed by atoms with Crippen LogP contribution in [0.5, 0.6) is 0 Å². The van der Waals surface area contributed by atoms with Gasteiger partial charge in [0.2, 0.25) is 5.91 Å². The lowest BCUT2D eigenvalue weighted by atomic mass is 10.0. The fraction of sp³-hybridized carbons (Fsp3) is 0.692. The van der Waals surface area contributed by atoms with Crippen molar-refractivity contribution in [2.24, 2.45) is 11.7 Å². The maximum absolute atomic E-state index is 11.8. The van der Waals surface area contributed by atoms with Gasteiger partial charge in [-0.15, -0.1) is 0 Å². The number of carbonyl (C=O) groups is 1. The third kappa shape index (κ3) is 3.57. The first kappa shape index (κ1) is 14.7. The number of likely N-dealkylation sites (N-methyl/N-ethyl adjacent to an activating group) is 1. The Labute approximate surface area is 109 Å². The predicted molar refractivity (Wildman–Crippen MR) is 72.0 cm³/mol. The van der Waals surface area contributed by atoms with Gasteiger partial charge in [0.05, 0.1) is 12.0 Å². The first-order valence-corrected chi connectivity index (χ1v) is 6.52. The lowest BCUT2D eigenvalue weighted by Gasteiger charge is -2.20. The van der Waals surface area contributed by atoms with Crippen molar-refractivity contribution >= 4 is 5.91 Å². The van der Waals surface area contributed by atoms with Crippen LogP contribution in [-0.2, 0) is 4.79 Å². The monoisotopic (exact) mass is 252 g/mol. The fourth-order valence-electron chi connectivity index (χ4n) is 2.00. The zero-order valence-corrected chi connectivity index (χ0v) is 11.7. The van der Waals surface area contributed by atoms with Gasteiger partial charge in [-0.1, -0.05) is 13.8 Å². The fourth-order valence-corrected chi connectivity index (χ4v) is 2.00. The van der Waals surface area contributed by atoms with Gasteiger partial charge in [0.25, 0.3) is 0 Å². The van der Waals surface area contributed by atoms with Gasteiger partial charge in [0.1, 0.15) is 6.04 Å².